The van der Waals surface area contributed by atoms with Crippen LogP contribution in [0.25, 0.3) is 0 Å². The molecule has 2 unspecified atom stereocenters. The number of piperidine rings is 1. The lowest BCUT2D eigenvalue weighted by Gasteiger charge is -2.25. The van der Waals surface area contributed by atoms with Gasteiger partial charge in [-0.2, -0.15) is 5.10 Å². The van der Waals surface area contributed by atoms with Crippen molar-refractivity contribution < 1.29 is 9.53 Å². The molecule has 1 aromatic carbocycles. The molecule has 2 aromatic rings. The van der Waals surface area contributed by atoms with Gasteiger partial charge in [0.1, 0.15) is 5.69 Å². The molecule has 2 aliphatic heterocycles. The highest BCUT2D eigenvalue weighted by Gasteiger charge is 2.25. The number of aryl methyl sites for hydroxylation is 1. The predicted octanol–water partition coefficient (Wildman–Crippen LogP) is 2.98. The summed E-state index contributed by atoms with van der Waals surface area (Å²) in [6.07, 6.45) is 7.29. The summed E-state index contributed by atoms with van der Waals surface area (Å²) in [5.41, 5.74) is 3.04. The lowest BCUT2D eigenvalue weighted by Crippen LogP contribution is -2.39. The Bertz CT molecular complexity index is 789. The summed E-state index contributed by atoms with van der Waals surface area (Å²) in [5, 5.41) is 8.05. The Morgan fingerprint density at radius 3 is 2.83 bits per heavy atom. The van der Waals surface area contributed by atoms with Crippen molar-refractivity contribution >= 4 is 5.91 Å². The predicted molar refractivity (Wildman–Crippen MR) is 113 cm³/mol. The number of rotatable bonds is 7. The third-order valence-corrected chi connectivity index (χ3v) is 6.00. The molecular weight excluding hydrogens is 364 g/mol. The van der Waals surface area contributed by atoms with Gasteiger partial charge < -0.3 is 15.0 Å². The van der Waals surface area contributed by atoms with Crippen molar-refractivity contribution in [2.45, 2.75) is 51.2 Å². The van der Waals surface area contributed by atoms with Gasteiger partial charge in [0.25, 0.3) is 5.91 Å². The molecule has 1 aromatic heterocycles. The van der Waals surface area contributed by atoms with Crippen LogP contribution in [0.1, 0.15) is 53.3 Å². The minimum atomic E-state index is 0.00938. The minimum absolute atomic E-state index is 0.00938. The van der Waals surface area contributed by atoms with E-state index in [0.717, 1.165) is 51.8 Å². The van der Waals surface area contributed by atoms with Crippen LogP contribution >= 0.6 is 0 Å². The van der Waals surface area contributed by atoms with E-state index in [-0.39, 0.29) is 12.0 Å². The average Bonchev–Trinajstić information content (AvgIpc) is 3.45. The second-order valence-corrected chi connectivity index (χ2v) is 8.30. The van der Waals surface area contributed by atoms with Gasteiger partial charge in [-0.25, -0.2) is 0 Å². The molecule has 0 bridgehead atoms. The van der Waals surface area contributed by atoms with Crippen molar-refractivity contribution in [3.8, 4) is 0 Å². The van der Waals surface area contributed by atoms with Gasteiger partial charge in [-0.3, -0.25) is 9.48 Å². The number of amides is 1. The van der Waals surface area contributed by atoms with Gasteiger partial charge in [0.15, 0.2) is 0 Å². The zero-order valence-electron chi connectivity index (χ0n) is 17.3. The molecule has 1 amide bonds. The van der Waals surface area contributed by atoms with Gasteiger partial charge in [-0.1, -0.05) is 29.8 Å². The van der Waals surface area contributed by atoms with Crippen LogP contribution in [0.15, 0.2) is 36.5 Å². The number of nitrogens with zero attached hydrogens (tertiary/aromatic N) is 3. The van der Waals surface area contributed by atoms with Crippen molar-refractivity contribution in [3.05, 3.63) is 53.3 Å². The fourth-order valence-electron chi connectivity index (χ4n) is 4.21. The first-order valence-electron chi connectivity index (χ1n) is 10.9. The fourth-order valence-corrected chi connectivity index (χ4v) is 4.21. The SMILES string of the molecule is Cc1ccc(CCN(CC2CCCO2)C(=O)c2ccn(C3CCCNC3)n2)cc1. The number of ether oxygens (including phenoxy) is 1. The lowest BCUT2D eigenvalue weighted by atomic mass is 10.1. The van der Waals surface area contributed by atoms with Crippen LogP contribution in [0, 0.1) is 6.92 Å². The number of aromatic nitrogens is 2. The van der Waals surface area contributed by atoms with E-state index in [1.54, 1.807) is 0 Å². The van der Waals surface area contributed by atoms with Gasteiger partial charge in [-0.05, 0) is 57.2 Å². The Kier molecular flexibility index (Phi) is 6.62. The molecule has 1 N–H and O–H groups in total. The molecule has 6 nitrogen and oxygen atoms in total. The molecule has 2 fully saturated rings. The normalized spacial score (nSPS) is 22.0. The molecule has 6 heteroatoms. The Hall–Kier alpha value is -2.18. The molecule has 2 atom stereocenters. The van der Waals surface area contributed by atoms with Crippen molar-refractivity contribution in [2.24, 2.45) is 0 Å². The van der Waals surface area contributed by atoms with Crippen LogP contribution in [0.3, 0.4) is 0 Å². The first kappa shape index (κ1) is 20.1. The van der Waals surface area contributed by atoms with E-state index < -0.39 is 0 Å². The molecule has 3 heterocycles. The molecular formula is C23H32N4O2. The zero-order chi connectivity index (χ0) is 20.1. The summed E-state index contributed by atoms with van der Waals surface area (Å²) in [5.74, 6) is 0.00938. The smallest absolute Gasteiger partial charge is 0.274 e. The maximum Gasteiger partial charge on any atom is 0.274 e. The van der Waals surface area contributed by atoms with Crippen LogP contribution in [-0.2, 0) is 11.2 Å². The summed E-state index contributed by atoms with van der Waals surface area (Å²) in [6.45, 7) is 6.20. The number of carbonyl (C=O) groups is 1. The maximum absolute atomic E-state index is 13.3. The Labute approximate surface area is 173 Å². The number of carbonyl (C=O) groups excluding carboxylic acids is 1. The van der Waals surface area contributed by atoms with E-state index in [4.69, 9.17) is 4.74 Å². The van der Waals surface area contributed by atoms with Crippen LogP contribution in [0.5, 0.6) is 0 Å². The summed E-state index contributed by atoms with van der Waals surface area (Å²) >= 11 is 0. The second kappa shape index (κ2) is 9.55. The fraction of sp³-hybridized carbons (Fsp3) is 0.565. The van der Waals surface area contributed by atoms with Crippen molar-refractivity contribution in [1.82, 2.24) is 20.0 Å². The zero-order valence-corrected chi connectivity index (χ0v) is 17.3. The lowest BCUT2D eigenvalue weighted by molar-refractivity contribution is 0.0523. The topological polar surface area (TPSA) is 59.4 Å². The molecule has 29 heavy (non-hydrogen) atoms. The van der Waals surface area contributed by atoms with Crippen LogP contribution in [-0.4, -0.2) is 59.5 Å². The highest BCUT2D eigenvalue weighted by atomic mass is 16.5. The summed E-state index contributed by atoms with van der Waals surface area (Å²) in [4.78, 5) is 15.2. The molecule has 2 aliphatic rings. The Balaban J connectivity index is 1.44. The summed E-state index contributed by atoms with van der Waals surface area (Å²) in [6, 6.07) is 10.8. The van der Waals surface area contributed by atoms with Gasteiger partial charge in [0.2, 0.25) is 0 Å². The van der Waals surface area contributed by atoms with Crippen LogP contribution in [0.2, 0.25) is 0 Å². The van der Waals surface area contributed by atoms with Gasteiger partial charge in [0.05, 0.1) is 12.1 Å². The quantitative estimate of drug-likeness (QED) is 0.782. The second-order valence-electron chi connectivity index (χ2n) is 8.30. The van der Waals surface area contributed by atoms with E-state index in [2.05, 4.69) is 41.6 Å². The Morgan fingerprint density at radius 2 is 2.10 bits per heavy atom. The van der Waals surface area contributed by atoms with Crippen molar-refractivity contribution in [1.29, 1.82) is 0 Å². The molecule has 156 valence electrons. The first-order chi connectivity index (χ1) is 14.2. The average molecular weight is 397 g/mol. The van der Waals surface area contributed by atoms with Gasteiger partial charge in [-0.15, -0.1) is 0 Å². The molecule has 0 spiro atoms. The monoisotopic (exact) mass is 396 g/mol. The first-order valence-corrected chi connectivity index (χ1v) is 10.9. The Morgan fingerprint density at radius 1 is 1.24 bits per heavy atom. The molecule has 4 rings (SSSR count). The molecule has 0 saturated carbocycles. The highest BCUT2D eigenvalue weighted by Crippen LogP contribution is 2.18. The van der Waals surface area contributed by atoms with Crippen molar-refractivity contribution in [2.75, 3.05) is 32.8 Å². The van der Waals surface area contributed by atoms with Crippen LogP contribution < -0.4 is 5.32 Å². The minimum Gasteiger partial charge on any atom is -0.376 e. The van der Waals surface area contributed by atoms with E-state index in [1.807, 2.05) is 21.8 Å². The number of nitrogens with one attached hydrogen (secondary N) is 1. The summed E-state index contributed by atoms with van der Waals surface area (Å²) < 4.78 is 7.77. The van der Waals surface area contributed by atoms with E-state index in [1.165, 1.54) is 11.1 Å². The molecule has 0 radical (unpaired) electrons. The third kappa shape index (κ3) is 5.25. The largest absolute Gasteiger partial charge is 0.376 e. The van der Waals surface area contributed by atoms with Gasteiger partial charge in [0, 0.05) is 32.4 Å². The molecule has 2 saturated heterocycles. The van der Waals surface area contributed by atoms with Crippen molar-refractivity contribution in [3.63, 3.8) is 0 Å². The van der Waals surface area contributed by atoms with E-state index in [0.29, 0.717) is 24.8 Å². The molecule has 0 aliphatic carbocycles. The van der Waals surface area contributed by atoms with E-state index in [9.17, 15) is 4.79 Å². The van der Waals surface area contributed by atoms with Gasteiger partial charge >= 0.3 is 0 Å². The highest BCUT2D eigenvalue weighted by molar-refractivity contribution is 5.92. The maximum atomic E-state index is 13.3. The number of hydrogen-bond acceptors (Lipinski definition) is 4. The van der Waals surface area contributed by atoms with E-state index >= 15 is 0 Å². The summed E-state index contributed by atoms with van der Waals surface area (Å²) in [7, 11) is 0. The number of hydrogen-bond donors (Lipinski definition) is 1. The standard InChI is InChI=1S/C23H32N4O2/c1-18-6-8-19(9-7-18)10-13-26(17-21-5-3-15-29-21)23(28)22-11-14-27(25-22)20-4-2-12-24-16-20/h6-9,11,14,20-21,24H,2-5,10,12-13,15-17H2,1H3. The number of benzene rings is 1. The van der Waals surface area contributed by atoms with Crippen LogP contribution in [0.4, 0.5) is 0 Å². The third-order valence-electron chi connectivity index (χ3n) is 6.00.